The number of H-pyrrole nitrogens is 1. The van der Waals surface area contributed by atoms with E-state index in [0.717, 1.165) is 53.4 Å². The molecule has 0 spiro atoms. The zero-order valence-corrected chi connectivity index (χ0v) is 20.2. The second-order valence-electron chi connectivity index (χ2n) is 8.70. The Bertz CT molecular complexity index is 1200. The van der Waals surface area contributed by atoms with Crippen LogP contribution in [0.25, 0.3) is 10.9 Å². The summed E-state index contributed by atoms with van der Waals surface area (Å²) < 4.78 is 4.93. The number of aromatic nitrogens is 1. The molecule has 3 N–H and O–H groups in total. The quantitative estimate of drug-likeness (QED) is 0.502. The van der Waals surface area contributed by atoms with Gasteiger partial charge in [0.05, 0.1) is 39.0 Å². The van der Waals surface area contributed by atoms with Crippen LogP contribution in [0.3, 0.4) is 0 Å². The Hall–Kier alpha value is -3.03. The topological polar surface area (TPSA) is 78.9 Å². The van der Waals surface area contributed by atoms with Crippen molar-refractivity contribution in [2.45, 2.75) is 26.8 Å². The van der Waals surface area contributed by atoms with Crippen LogP contribution in [0.4, 0.5) is 11.4 Å². The van der Waals surface area contributed by atoms with E-state index >= 15 is 0 Å². The predicted octanol–water partition coefficient (Wildman–Crippen LogP) is 2.96. The minimum atomic E-state index is -0.510. The standard InChI is InChI=1S/C25H29ClN4O3/c1-15-5-8-20-19(13-15)22(23(27-20)25(32)33-4)28-24(31)17(3)29-9-11-30(12-10-29)21-14-18(26)7-6-16(21)2/h5-8,13-14,17,27H,9-12H2,1-4H3,(H,28,31)/p+1/t17-/m0/s1. The smallest absolute Gasteiger partial charge is 0.356 e. The lowest BCUT2D eigenvalue weighted by atomic mass is 10.1. The lowest BCUT2D eigenvalue weighted by molar-refractivity contribution is -0.914. The normalized spacial score (nSPS) is 15.5. The second-order valence-corrected chi connectivity index (χ2v) is 9.14. The van der Waals surface area contributed by atoms with Crippen LogP contribution < -0.4 is 15.1 Å². The molecule has 0 saturated carbocycles. The highest BCUT2D eigenvalue weighted by Gasteiger charge is 2.31. The number of anilines is 2. The highest BCUT2D eigenvalue weighted by atomic mass is 35.5. The van der Waals surface area contributed by atoms with E-state index in [4.69, 9.17) is 16.3 Å². The maximum atomic E-state index is 13.2. The Morgan fingerprint density at radius 1 is 1.15 bits per heavy atom. The van der Waals surface area contributed by atoms with Gasteiger partial charge in [-0.2, -0.15) is 0 Å². The Kier molecular flexibility index (Phi) is 6.63. The molecule has 1 fully saturated rings. The van der Waals surface area contributed by atoms with E-state index in [2.05, 4.69) is 22.1 Å². The van der Waals surface area contributed by atoms with E-state index in [9.17, 15) is 9.59 Å². The van der Waals surface area contributed by atoms with Gasteiger partial charge in [0.25, 0.3) is 5.91 Å². The third-order valence-corrected chi connectivity index (χ3v) is 6.75. The first-order valence-corrected chi connectivity index (χ1v) is 11.5. The van der Waals surface area contributed by atoms with Crippen molar-refractivity contribution in [3.8, 4) is 0 Å². The lowest BCUT2D eigenvalue weighted by Gasteiger charge is -2.36. The number of piperazine rings is 1. The third-order valence-electron chi connectivity index (χ3n) is 6.51. The fourth-order valence-electron chi connectivity index (χ4n) is 4.50. The van der Waals surface area contributed by atoms with Crippen LogP contribution in [0.1, 0.15) is 28.5 Å². The summed E-state index contributed by atoms with van der Waals surface area (Å²) in [5.41, 5.74) is 4.90. The van der Waals surface area contributed by atoms with Gasteiger partial charge in [0.1, 0.15) is 5.69 Å². The zero-order chi connectivity index (χ0) is 23.7. The molecular weight excluding hydrogens is 440 g/mol. The van der Waals surface area contributed by atoms with E-state index in [1.807, 2.05) is 50.2 Å². The molecule has 8 heteroatoms. The summed E-state index contributed by atoms with van der Waals surface area (Å²) in [7, 11) is 1.33. The van der Waals surface area contributed by atoms with E-state index in [0.29, 0.717) is 5.69 Å². The molecule has 7 nitrogen and oxygen atoms in total. The third kappa shape index (κ3) is 4.70. The SMILES string of the molecule is COC(=O)c1[nH]c2ccc(C)cc2c1NC(=O)[C@H](C)[NH+]1CCN(c2cc(Cl)ccc2C)CC1. The monoisotopic (exact) mass is 469 g/mol. The van der Waals surface area contributed by atoms with Crippen molar-refractivity contribution in [1.29, 1.82) is 0 Å². The summed E-state index contributed by atoms with van der Waals surface area (Å²) in [5, 5.41) is 4.54. The van der Waals surface area contributed by atoms with E-state index in [-0.39, 0.29) is 17.6 Å². The van der Waals surface area contributed by atoms with E-state index in [1.165, 1.54) is 17.6 Å². The molecule has 3 aromatic rings. The molecule has 4 rings (SSSR count). The highest BCUT2D eigenvalue weighted by Crippen LogP contribution is 2.29. The number of carbonyl (C=O) groups is 2. The molecule has 1 aliphatic heterocycles. The number of hydrogen-bond donors (Lipinski definition) is 3. The number of nitrogens with zero attached hydrogens (tertiary/aromatic N) is 1. The van der Waals surface area contributed by atoms with Crippen molar-refractivity contribution in [2.75, 3.05) is 43.5 Å². The summed E-state index contributed by atoms with van der Waals surface area (Å²) >= 11 is 6.20. The van der Waals surface area contributed by atoms with Gasteiger partial charge in [0.15, 0.2) is 6.04 Å². The van der Waals surface area contributed by atoms with Crippen molar-refractivity contribution >= 4 is 45.8 Å². The summed E-state index contributed by atoms with van der Waals surface area (Å²) in [6.45, 7) is 9.34. The van der Waals surface area contributed by atoms with Crippen molar-refractivity contribution in [1.82, 2.24) is 4.98 Å². The number of nitrogens with one attached hydrogen (secondary N) is 3. The number of fused-ring (bicyclic) bond motifs is 1. The molecule has 1 atom stereocenters. The first kappa shape index (κ1) is 23.1. The fourth-order valence-corrected chi connectivity index (χ4v) is 4.67. The highest BCUT2D eigenvalue weighted by molar-refractivity contribution is 6.30. The maximum absolute atomic E-state index is 13.2. The molecule has 0 aliphatic carbocycles. The van der Waals surface area contributed by atoms with Crippen LogP contribution in [-0.4, -0.2) is 56.2 Å². The van der Waals surface area contributed by atoms with Crippen molar-refractivity contribution in [3.05, 3.63) is 58.2 Å². The van der Waals surface area contributed by atoms with Crippen LogP contribution >= 0.6 is 11.6 Å². The largest absolute Gasteiger partial charge is 0.464 e. The van der Waals surface area contributed by atoms with Crippen LogP contribution in [-0.2, 0) is 9.53 Å². The molecule has 1 aliphatic rings. The van der Waals surface area contributed by atoms with Crippen molar-refractivity contribution < 1.29 is 19.2 Å². The van der Waals surface area contributed by atoms with Gasteiger partial charge in [-0.25, -0.2) is 4.79 Å². The molecule has 2 heterocycles. The summed E-state index contributed by atoms with van der Waals surface area (Å²) in [6, 6.07) is 11.5. The molecule has 1 saturated heterocycles. The van der Waals surface area contributed by atoms with E-state index < -0.39 is 5.97 Å². The number of aromatic amines is 1. The van der Waals surface area contributed by atoms with Crippen molar-refractivity contribution in [3.63, 3.8) is 0 Å². The number of amides is 1. The average molecular weight is 470 g/mol. The Morgan fingerprint density at radius 3 is 2.58 bits per heavy atom. The number of benzene rings is 2. The van der Waals surface area contributed by atoms with Gasteiger partial charge >= 0.3 is 5.97 Å². The van der Waals surface area contributed by atoms with Crippen LogP contribution in [0.2, 0.25) is 5.02 Å². The molecule has 2 aromatic carbocycles. The van der Waals surface area contributed by atoms with Gasteiger partial charge in [-0.1, -0.05) is 29.3 Å². The van der Waals surface area contributed by atoms with E-state index in [1.54, 1.807) is 0 Å². The first-order chi connectivity index (χ1) is 15.8. The number of esters is 1. The van der Waals surface area contributed by atoms with Gasteiger partial charge in [0, 0.05) is 21.6 Å². The van der Waals surface area contributed by atoms with Gasteiger partial charge in [-0.3, -0.25) is 4.79 Å². The van der Waals surface area contributed by atoms with Crippen molar-refractivity contribution in [2.24, 2.45) is 0 Å². The minimum absolute atomic E-state index is 0.120. The number of halogens is 1. The van der Waals surface area contributed by atoms with Gasteiger partial charge in [-0.05, 0) is 50.6 Å². The predicted molar refractivity (Wildman–Crippen MR) is 132 cm³/mol. The summed E-state index contributed by atoms with van der Waals surface area (Å²) in [6.07, 6.45) is 0. The molecule has 0 bridgehead atoms. The number of carbonyl (C=O) groups excluding carboxylic acids is 2. The summed E-state index contributed by atoms with van der Waals surface area (Å²) in [5.74, 6) is -0.630. The Morgan fingerprint density at radius 2 is 1.88 bits per heavy atom. The van der Waals surface area contributed by atoms with Crippen LogP contribution in [0.5, 0.6) is 0 Å². The van der Waals surface area contributed by atoms with Crippen LogP contribution in [0.15, 0.2) is 36.4 Å². The molecule has 33 heavy (non-hydrogen) atoms. The first-order valence-electron chi connectivity index (χ1n) is 11.2. The molecule has 174 valence electrons. The summed E-state index contributed by atoms with van der Waals surface area (Å²) in [4.78, 5) is 32.2. The number of ether oxygens (including phenoxy) is 1. The fraction of sp³-hybridized carbons (Fsp3) is 0.360. The number of rotatable bonds is 5. The zero-order valence-electron chi connectivity index (χ0n) is 19.4. The average Bonchev–Trinajstić information content (AvgIpc) is 3.17. The lowest BCUT2D eigenvalue weighted by Crippen LogP contribution is -3.19. The van der Waals surface area contributed by atoms with Gasteiger partial charge < -0.3 is 24.8 Å². The number of quaternary nitrogens is 1. The maximum Gasteiger partial charge on any atom is 0.356 e. The second kappa shape index (κ2) is 9.45. The molecule has 1 aromatic heterocycles. The molecular formula is C25H30ClN4O3+. The molecule has 1 amide bonds. The molecule has 0 radical (unpaired) electrons. The van der Waals surface area contributed by atoms with Gasteiger partial charge in [0.2, 0.25) is 0 Å². The number of aryl methyl sites for hydroxylation is 2. The minimum Gasteiger partial charge on any atom is -0.464 e. The van der Waals surface area contributed by atoms with Gasteiger partial charge in [-0.15, -0.1) is 0 Å². The van der Waals surface area contributed by atoms with Crippen LogP contribution in [0, 0.1) is 13.8 Å². The number of methoxy groups -OCH3 is 1. The Labute approximate surface area is 198 Å². The Balaban J connectivity index is 1.48. The molecule has 0 unspecified atom stereocenters. The number of hydrogen-bond acceptors (Lipinski definition) is 4.